The zero-order valence-electron chi connectivity index (χ0n) is 8.52. The minimum absolute atomic E-state index is 0.402. The van der Waals surface area contributed by atoms with Crippen LogP contribution in [0.5, 0.6) is 0 Å². The highest BCUT2D eigenvalue weighted by atomic mass is 16.4. The van der Waals surface area contributed by atoms with E-state index in [0.717, 1.165) is 5.56 Å². The molecule has 0 aliphatic carbocycles. The number of rotatable bonds is 4. The van der Waals surface area contributed by atoms with Crippen LogP contribution in [0.25, 0.3) is 0 Å². The lowest BCUT2D eigenvalue weighted by Crippen LogP contribution is -2.21. The van der Waals surface area contributed by atoms with Gasteiger partial charge >= 0.3 is 5.97 Å². The summed E-state index contributed by atoms with van der Waals surface area (Å²) >= 11 is 0. The second-order valence-electron chi connectivity index (χ2n) is 3.42. The van der Waals surface area contributed by atoms with E-state index in [1.807, 2.05) is 30.3 Å². The smallest absolute Gasteiger partial charge is 0.328 e. The molecule has 1 atom stereocenters. The summed E-state index contributed by atoms with van der Waals surface area (Å²) in [6.45, 7) is 0. The lowest BCUT2D eigenvalue weighted by Gasteiger charge is -2.11. The van der Waals surface area contributed by atoms with Gasteiger partial charge in [-0.05, 0) is 5.56 Å². The molecule has 1 aromatic heterocycles. The molecular weight excluding hydrogens is 206 g/mol. The van der Waals surface area contributed by atoms with Crippen LogP contribution in [-0.2, 0) is 11.2 Å². The average molecular weight is 217 g/mol. The summed E-state index contributed by atoms with van der Waals surface area (Å²) in [5.41, 5.74) is 0.963. The third kappa shape index (κ3) is 2.25. The van der Waals surface area contributed by atoms with Gasteiger partial charge in [0.2, 0.25) is 0 Å². The fourth-order valence-electron chi connectivity index (χ4n) is 1.51. The summed E-state index contributed by atoms with van der Waals surface area (Å²) < 4.78 is 1.36. The van der Waals surface area contributed by atoms with Gasteiger partial charge in [0, 0.05) is 6.42 Å². The van der Waals surface area contributed by atoms with Crippen molar-refractivity contribution in [3.63, 3.8) is 0 Å². The van der Waals surface area contributed by atoms with Gasteiger partial charge in [-0.3, -0.25) is 0 Å². The highest BCUT2D eigenvalue weighted by Crippen LogP contribution is 2.12. The lowest BCUT2D eigenvalue weighted by atomic mass is 10.1. The molecule has 82 valence electrons. The summed E-state index contributed by atoms with van der Waals surface area (Å²) in [5, 5.41) is 13.0. The quantitative estimate of drug-likeness (QED) is 0.834. The van der Waals surface area contributed by atoms with Crippen molar-refractivity contribution in [2.75, 3.05) is 0 Å². The Balaban J connectivity index is 2.19. The van der Waals surface area contributed by atoms with Gasteiger partial charge in [-0.1, -0.05) is 30.3 Å². The average Bonchev–Trinajstić information content (AvgIpc) is 2.80. The van der Waals surface area contributed by atoms with Gasteiger partial charge in [-0.25, -0.2) is 14.5 Å². The third-order valence-corrected chi connectivity index (χ3v) is 2.31. The first-order chi connectivity index (χ1) is 7.77. The van der Waals surface area contributed by atoms with Crippen molar-refractivity contribution in [1.29, 1.82) is 0 Å². The van der Waals surface area contributed by atoms with Crippen molar-refractivity contribution in [2.45, 2.75) is 12.5 Å². The van der Waals surface area contributed by atoms with E-state index < -0.39 is 12.0 Å². The van der Waals surface area contributed by atoms with Gasteiger partial charge < -0.3 is 5.11 Å². The molecule has 0 aliphatic heterocycles. The monoisotopic (exact) mass is 217 g/mol. The first-order valence-electron chi connectivity index (χ1n) is 4.88. The number of benzene rings is 1. The number of carboxylic acids is 1. The van der Waals surface area contributed by atoms with Crippen molar-refractivity contribution in [3.8, 4) is 0 Å². The Bertz CT molecular complexity index is 453. The number of nitrogens with zero attached hydrogens (tertiary/aromatic N) is 3. The van der Waals surface area contributed by atoms with Crippen LogP contribution in [0.1, 0.15) is 11.6 Å². The number of carbonyl (C=O) groups is 1. The number of aromatic nitrogens is 3. The highest BCUT2D eigenvalue weighted by molar-refractivity contribution is 5.72. The van der Waals surface area contributed by atoms with Crippen molar-refractivity contribution in [2.24, 2.45) is 0 Å². The molecule has 0 bridgehead atoms. The highest BCUT2D eigenvalue weighted by Gasteiger charge is 2.20. The van der Waals surface area contributed by atoms with Gasteiger partial charge in [-0.15, -0.1) is 0 Å². The third-order valence-electron chi connectivity index (χ3n) is 2.31. The summed E-state index contributed by atoms with van der Waals surface area (Å²) in [6, 6.07) is 8.75. The lowest BCUT2D eigenvalue weighted by molar-refractivity contribution is -0.141. The Morgan fingerprint density at radius 3 is 2.69 bits per heavy atom. The van der Waals surface area contributed by atoms with E-state index in [-0.39, 0.29) is 0 Å². The van der Waals surface area contributed by atoms with Crippen LogP contribution in [0, 0.1) is 0 Å². The molecule has 0 spiro atoms. The molecule has 2 aromatic rings. The number of aliphatic carboxylic acids is 1. The standard InChI is InChI=1S/C11H11N3O2/c15-11(16)10(14-8-12-7-13-14)6-9-4-2-1-3-5-9/h1-5,7-8,10H,6H2,(H,15,16). The molecule has 5 heteroatoms. The molecule has 1 N–H and O–H groups in total. The van der Waals surface area contributed by atoms with Crippen LogP contribution in [-0.4, -0.2) is 25.8 Å². The van der Waals surface area contributed by atoms with E-state index in [2.05, 4.69) is 10.1 Å². The van der Waals surface area contributed by atoms with E-state index in [9.17, 15) is 4.79 Å². The zero-order chi connectivity index (χ0) is 11.4. The predicted octanol–water partition coefficient (Wildman–Crippen LogP) is 1.15. The summed E-state index contributed by atoms with van der Waals surface area (Å²) in [5.74, 6) is -0.908. The minimum atomic E-state index is -0.908. The predicted molar refractivity (Wildman–Crippen MR) is 56.8 cm³/mol. The fraction of sp³-hybridized carbons (Fsp3) is 0.182. The number of hydrogen-bond donors (Lipinski definition) is 1. The summed E-state index contributed by atoms with van der Waals surface area (Å²) in [4.78, 5) is 14.9. The van der Waals surface area contributed by atoms with Gasteiger partial charge in [-0.2, -0.15) is 5.10 Å². The van der Waals surface area contributed by atoms with Crippen LogP contribution in [0.2, 0.25) is 0 Å². The van der Waals surface area contributed by atoms with Crippen LogP contribution in [0.3, 0.4) is 0 Å². The molecule has 2 rings (SSSR count). The van der Waals surface area contributed by atoms with Gasteiger partial charge in [0.1, 0.15) is 12.7 Å². The van der Waals surface area contributed by atoms with Crippen LogP contribution >= 0.6 is 0 Å². The van der Waals surface area contributed by atoms with Gasteiger partial charge in [0.15, 0.2) is 6.04 Å². The molecule has 5 nitrogen and oxygen atoms in total. The maximum atomic E-state index is 11.1. The molecule has 0 saturated heterocycles. The summed E-state index contributed by atoms with van der Waals surface area (Å²) in [6.07, 6.45) is 3.15. The van der Waals surface area contributed by atoms with Crippen molar-refractivity contribution in [3.05, 3.63) is 48.5 Å². The van der Waals surface area contributed by atoms with Gasteiger partial charge in [0.05, 0.1) is 0 Å². The SMILES string of the molecule is O=C(O)C(Cc1ccccc1)n1cncn1. The number of hydrogen-bond acceptors (Lipinski definition) is 3. The first-order valence-corrected chi connectivity index (χ1v) is 4.88. The molecule has 0 radical (unpaired) electrons. The van der Waals surface area contributed by atoms with E-state index >= 15 is 0 Å². The molecular formula is C11H11N3O2. The van der Waals surface area contributed by atoms with E-state index in [1.54, 1.807) is 0 Å². The normalized spacial score (nSPS) is 12.2. The molecule has 0 saturated carbocycles. The Labute approximate surface area is 92.4 Å². The summed E-state index contributed by atoms with van der Waals surface area (Å²) in [7, 11) is 0. The zero-order valence-corrected chi connectivity index (χ0v) is 8.52. The van der Waals surface area contributed by atoms with Crippen molar-refractivity contribution < 1.29 is 9.90 Å². The fourth-order valence-corrected chi connectivity index (χ4v) is 1.51. The Morgan fingerprint density at radius 2 is 2.12 bits per heavy atom. The van der Waals surface area contributed by atoms with Crippen LogP contribution in [0.4, 0.5) is 0 Å². The second-order valence-corrected chi connectivity index (χ2v) is 3.42. The number of carboxylic acid groups (broad SMARTS) is 1. The topological polar surface area (TPSA) is 68.0 Å². The minimum Gasteiger partial charge on any atom is -0.480 e. The maximum Gasteiger partial charge on any atom is 0.328 e. The largest absolute Gasteiger partial charge is 0.480 e. The Morgan fingerprint density at radius 1 is 1.38 bits per heavy atom. The molecule has 0 aliphatic rings. The Hall–Kier alpha value is -2.17. The molecule has 1 unspecified atom stereocenters. The van der Waals surface area contributed by atoms with Crippen molar-refractivity contribution >= 4 is 5.97 Å². The molecule has 1 aromatic carbocycles. The van der Waals surface area contributed by atoms with Crippen molar-refractivity contribution in [1.82, 2.24) is 14.8 Å². The van der Waals surface area contributed by atoms with E-state index in [1.165, 1.54) is 17.3 Å². The van der Waals surface area contributed by atoms with Crippen LogP contribution in [0.15, 0.2) is 43.0 Å². The molecule has 0 amide bonds. The van der Waals surface area contributed by atoms with Crippen LogP contribution < -0.4 is 0 Å². The first kappa shape index (κ1) is 10.4. The van der Waals surface area contributed by atoms with E-state index in [4.69, 9.17) is 5.11 Å². The molecule has 16 heavy (non-hydrogen) atoms. The van der Waals surface area contributed by atoms with E-state index in [0.29, 0.717) is 6.42 Å². The maximum absolute atomic E-state index is 11.1. The molecule has 0 fully saturated rings. The Kier molecular flexibility index (Phi) is 2.95. The molecule has 1 heterocycles. The second kappa shape index (κ2) is 4.57. The van der Waals surface area contributed by atoms with Gasteiger partial charge in [0.25, 0.3) is 0 Å².